The van der Waals surface area contributed by atoms with E-state index < -0.39 is 5.97 Å². The van der Waals surface area contributed by atoms with Gasteiger partial charge in [0.05, 0.1) is 23.7 Å². The van der Waals surface area contributed by atoms with Gasteiger partial charge in [0.2, 0.25) is 5.95 Å². The Morgan fingerprint density at radius 2 is 2.00 bits per heavy atom. The first-order chi connectivity index (χ1) is 11.7. The number of esters is 1. The number of carbonyl (C=O) groups is 1. The highest BCUT2D eigenvalue weighted by Gasteiger charge is 2.21. The van der Waals surface area contributed by atoms with Crippen molar-refractivity contribution in [3.05, 3.63) is 58.4 Å². The number of nitrogens with one attached hydrogen (secondary N) is 1. The second-order valence-corrected chi connectivity index (χ2v) is 5.86. The highest BCUT2D eigenvalue weighted by Crippen LogP contribution is 2.27. The Bertz CT molecular complexity index is 833. The Hall–Kier alpha value is -2.73. The van der Waals surface area contributed by atoms with Crippen molar-refractivity contribution < 1.29 is 9.53 Å². The van der Waals surface area contributed by atoms with Gasteiger partial charge in [-0.25, -0.2) is 14.8 Å². The van der Waals surface area contributed by atoms with Gasteiger partial charge in [-0.15, -0.1) is 0 Å². The van der Waals surface area contributed by atoms with Crippen LogP contribution >= 0.6 is 11.3 Å². The van der Waals surface area contributed by atoms with Crippen LogP contribution in [-0.2, 0) is 4.74 Å². The number of nitrogens with zero attached hydrogens (tertiary/aromatic N) is 2. The molecule has 122 valence electrons. The Morgan fingerprint density at radius 1 is 1.21 bits per heavy atom. The van der Waals surface area contributed by atoms with Crippen molar-refractivity contribution in [1.82, 2.24) is 9.97 Å². The first kappa shape index (κ1) is 16.1. The molecule has 0 fully saturated rings. The normalized spacial score (nSPS) is 10.4. The Morgan fingerprint density at radius 3 is 2.67 bits per heavy atom. The quantitative estimate of drug-likeness (QED) is 0.697. The molecule has 2 heterocycles. The number of hydrogen-bond acceptors (Lipinski definition) is 6. The van der Waals surface area contributed by atoms with Crippen molar-refractivity contribution in [3.8, 4) is 11.3 Å². The van der Waals surface area contributed by atoms with Crippen LogP contribution in [-0.4, -0.2) is 22.5 Å². The minimum atomic E-state index is -0.407. The van der Waals surface area contributed by atoms with Gasteiger partial charge >= 0.3 is 5.97 Å². The number of hydrogen-bond donors (Lipinski definition) is 1. The van der Waals surface area contributed by atoms with Crippen LogP contribution in [0.15, 0.2) is 47.2 Å². The van der Waals surface area contributed by atoms with Crippen molar-refractivity contribution in [2.45, 2.75) is 13.8 Å². The Balaban J connectivity index is 2.10. The van der Waals surface area contributed by atoms with E-state index in [1.165, 1.54) is 0 Å². The Kier molecular flexibility index (Phi) is 4.86. The van der Waals surface area contributed by atoms with E-state index in [0.717, 1.165) is 11.3 Å². The number of aromatic nitrogens is 2. The van der Waals surface area contributed by atoms with Crippen molar-refractivity contribution in [2.75, 3.05) is 11.9 Å². The summed E-state index contributed by atoms with van der Waals surface area (Å²) in [5, 5.41) is 7.11. The molecule has 3 aromatic rings. The van der Waals surface area contributed by atoms with Gasteiger partial charge in [-0.2, -0.15) is 11.3 Å². The Labute approximate surface area is 144 Å². The number of benzene rings is 1. The van der Waals surface area contributed by atoms with Crippen LogP contribution in [0.4, 0.5) is 11.6 Å². The van der Waals surface area contributed by atoms with Crippen molar-refractivity contribution in [3.63, 3.8) is 0 Å². The van der Waals surface area contributed by atoms with Gasteiger partial charge < -0.3 is 10.1 Å². The maximum atomic E-state index is 12.4. The van der Waals surface area contributed by atoms with Gasteiger partial charge in [-0.05, 0) is 25.3 Å². The summed E-state index contributed by atoms with van der Waals surface area (Å²) in [7, 11) is 0. The number of carbonyl (C=O) groups excluding carboxylic acids is 1. The average Bonchev–Trinajstić information content (AvgIpc) is 3.08. The van der Waals surface area contributed by atoms with Crippen molar-refractivity contribution in [2.24, 2.45) is 0 Å². The predicted octanol–water partition coefficient (Wildman–Crippen LogP) is 4.43. The maximum absolute atomic E-state index is 12.4. The van der Waals surface area contributed by atoms with E-state index in [2.05, 4.69) is 15.3 Å². The second kappa shape index (κ2) is 7.23. The molecule has 24 heavy (non-hydrogen) atoms. The van der Waals surface area contributed by atoms with E-state index in [1.807, 2.05) is 47.2 Å². The molecule has 5 nitrogen and oxygen atoms in total. The van der Waals surface area contributed by atoms with Crippen molar-refractivity contribution >= 4 is 28.9 Å². The standard InChI is InChI=1S/C18H17N3O2S/c1-3-23-17(22)15-12(2)19-18(20-14-9-10-24-11-14)21-16(15)13-7-5-4-6-8-13/h4-11H,3H2,1-2H3,(H,19,20,21). The number of anilines is 2. The fraction of sp³-hybridized carbons (Fsp3) is 0.167. The zero-order valence-corrected chi connectivity index (χ0v) is 14.3. The fourth-order valence-electron chi connectivity index (χ4n) is 2.35. The molecule has 0 saturated heterocycles. The minimum absolute atomic E-state index is 0.307. The van der Waals surface area contributed by atoms with Crippen LogP contribution in [0.5, 0.6) is 0 Å². The highest BCUT2D eigenvalue weighted by atomic mass is 32.1. The fourth-order valence-corrected chi connectivity index (χ4v) is 2.93. The van der Waals surface area contributed by atoms with E-state index >= 15 is 0 Å². The number of aryl methyl sites for hydroxylation is 1. The van der Waals surface area contributed by atoms with Crippen LogP contribution < -0.4 is 5.32 Å². The molecular weight excluding hydrogens is 322 g/mol. The van der Waals surface area contributed by atoms with Gasteiger partial charge in [0.1, 0.15) is 5.56 Å². The van der Waals surface area contributed by atoms with Crippen LogP contribution in [0.25, 0.3) is 11.3 Å². The summed E-state index contributed by atoms with van der Waals surface area (Å²) in [6.45, 7) is 3.88. The molecule has 0 atom stereocenters. The van der Waals surface area contributed by atoms with Crippen LogP contribution in [0.1, 0.15) is 23.0 Å². The SMILES string of the molecule is CCOC(=O)c1c(C)nc(Nc2ccsc2)nc1-c1ccccc1. The maximum Gasteiger partial charge on any atom is 0.342 e. The van der Waals surface area contributed by atoms with E-state index in [4.69, 9.17) is 4.74 Å². The third-order valence-electron chi connectivity index (χ3n) is 3.39. The van der Waals surface area contributed by atoms with E-state index in [9.17, 15) is 4.79 Å². The lowest BCUT2D eigenvalue weighted by Crippen LogP contribution is -2.13. The number of rotatable bonds is 5. The number of ether oxygens (including phenoxy) is 1. The molecule has 0 aliphatic rings. The average molecular weight is 339 g/mol. The zero-order valence-electron chi connectivity index (χ0n) is 13.4. The largest absolute Gasteiger partial charge is 0.462 e. The molecule has 0 saturated carbocycles. The zero-order chi connectivity index (χ0) is 16.9. The van der Waals surface area contributed by atoms with Gasteiger partial charge in [0, 0.05) is 10.9 Å². The van der Waals surface area contributed by atoms with Crippen LogP contribution in [0.2, 0.25) is 0 Å². The number of thiophene rings is 1. The molecule has 0 radical (unpaired) electrons. The summed E-state index contributed by atoms with van der Waals surface area (Å²) in [5.41, 5.74) is 3.32. The minimum Gasteiger partial charge on any atom is -0.462 e. The summed E-state index contributed by atoms with van der Waals surface area (Å²) < 4.78 is 5.18. The molecule has 1 aromatic carbocycles. The molecule has 0 aliphatic heterocycles. The summed E-state index contributed by atoms with van der Waals surface area (Å²) >= 11 is 1.59. The van der Waals surface area contributed by atoms with E-state index in [1.54, 1.807) is 25.2 Å². The van der Waals surface area contributed by atoms with Crippen LogP contribution in [0, 0.1) is 6.92 Å². The first-order valence-corrected chi connectivity index (χ1v) is 8.53. The highest BCUT2D eigenvalue weighted by molar-refractivity contribution is 7.08. The molecule has 0 amide bonds. The molecule has 6 heteroatoms. The molecule has 0 bridgehead atoms. The van der Waals surface area contributed by atoms with Gasteiger partial charge in [-0.3, -0.25) is 0 Å². The smallest absolute Gasteiger partial charge is 0.342 e. The van der Waals surface area contributed by atoms with E-state index in [-0.39, 0.29) is 0 Å². The summed E-state index contributed by atoms with van der Waals surface area (Å²) in [5.74, 6) is 0.0498. The lowest BCUT2D eigenvalue weighted by atomic mass is 10.0. The summed E-state index contributed by atoms with van der Waals surface area (Å²) in [6.07, 6.45) is 0. The molecule has 0 spiro atoms. The lowest BCUT2D eigenvalue weighted by Gasteiger charge is -2.13. The van der Waals surface area contributed by atoms with Gasteiger partial charge in [0.15, 0.2) is 0 Å². The molecule has 1 N–H and O–H groups in total. The molecule has 2 aromatic heterocycles. The molecular formula is C18H17N3O2S. The molecule has 0 unspecified atom stereocenters. The molecule has 3 rings (SSSR count). The van der Waals surface area contributed by atoms with Gasteiger partial charge in [0.25, 0.3) is 0 Å². The van der Waals surface area contributed by atoms with Gasteiger partial charge in [-0.1, -0.05) is 30.3 Å². The third kappa shape index (κ3) is 3.44. The van der Waals surface area contributed by atoms with Crippen molar-refractivity contribution in [1.29, 1.82) is 0 Å². The monoisotopic (exact) mass is 339 g/mol. The summed E-state index contributed by atoms with van der Waals surface area (Å²) in [4.78, 5) is 21.3. The predicted molar refractivity (Wildman–Crippen MR) is 95.8 cm³/mol. The first-order valence-electron chi connectivity index (χ1n) is 7.59. The lowest BCUT2D eigenvalue weighted by molar-refractivity contribution is 0.0525. The van der Waals surface area contributed by atoms with Crippen LogP contribution in [0.3, 0.4) is 0 Å². The third-order valence-corrected chi connectivity index (χ3v) is 4.08. The second-order valence-electron chi connectivity index (χ2n) is 5.08. The molecule has 0 aliphatic carbocycles. The summed E-state index contributed by atoms with van der Waals surface area (Å²) in [6, 6.07) is 11.5. The van der Waals surface area contributed by atoms with E-state index in [0.29, 0.717) is 29.5 Å². The topological polar surface area (TPSA) is 64.1 Å².